The number of halogens is 1. The molecule has 2 saturated heterocycles. The van der Waals surface area contributed by atoms with E-state index in [1.807, 2.05) is 10.9 Å². The van der Waals surface area contributed by atoms with Gasteiger partial charge in [-0.2, -0.15) is 5.10 Å². The number of aromatic nitrogens is 2. The van der Waals surface area contributed by atoms with Crippen LogP contribution in [0.1, 0.15) is 12.5 Å². The Kier molecular flexibility index (Phi) is 3.21. The van der Waals surface area contributed by atoms with Gasteiger partial charge in [-0.25, -0.2) is 0 Å². The zero-order valence-corrected chi connectivity index (χ0v) is 11.1. The fourth-order valence-corrected chi connectivity index (χ4v) is 2.82. The smallest absolute Gasteiger partial charge is 0.0891 e. The number of piperidine rings is 1. The third-order valence-electron chi connectivity index (χ3n) is 3.62. The number of rotatable bonds is 2. The summed E-state index contributed by atoms with van der Waals surface area (Å²) < 4.78 is 8.01. The second-order valence-electron chi connectivity index (χ2n) is 4.75. The van der Waals surface area contributed by atoms with Crippen molar-refractivity contribution in [1.29, 1.82) is 0 Å². The van der Waals surface area contributed by atoms with E-state index in [1.54, 1.807) is 6.20 Å². The van der Waals surface area contributed by atoms with E-state index < -0.39 is 0 Å². The molecule has 0 spiro atoms. The standard InChI is InChI=1S/C11H16BrN3O2/c12-8-3-13-15(4-8)10-1-2-14(5-11(10)16)9-6-17-7-9/h3-4,9-11,16H,1-2,5-7H2/t10-,11-/m1/s1. The van der Waals surface area contributed by atoms with Crippen LogP contribution in [-0.4, -0.2) is 58.2 Å². The van der Waals surface area contributed by atoms with E-state index in [-0.39, 0.29) is 12.1 Å². The molecule has 0 radical (unpaired) electrons. The summed E-state index contributed by atoms with van der Waals surface area (Å²) in [6.07, 6.45) is 4.27. The monoisotopic (exact) mass is 301 g/mol. The largest absolute Gasteiger partial charge is 0.390 e. The molecule has 2 aliphatic heterocycles. The van der Waals surface area contributed by atoms with Gasteiger partial charge < -0.3 is 9.84 Å². The average Bonchev–Trinajstić information content (AvgIpc) is 2.62. The van der Waals surface area contributed by atoms with Gasteiger partial charge in [0.05, 0.1) is 42.1 Å². The molecule has 0 unspecified atom stereocenters. The van der Waals surface area contributed by atoms with Gasteiger partial charge in [0.15, 0.2) is 0 Å². The van der Waals surface area contributed by atoms with Crippen molar-refractivity contribution in [2.24, 2.45) is 0 Å². The molecule has 2 aliphatic rings. The highest BCUT2D eigenvalue weighted by Gasteiger charge is 2.35. The van der Waals surface area contributed by atoms with Crippen molar-refractivity contribution in [2.45, 2.75) is 24.6 Å². The van der Waals surface area contributed by atoms with Gasteiger partial charge in [0.25, 0.3) is 0 Å². The van der Waals surface area contributed by atoms with Crippen LogP contribution in [0.3, 0.4) is 0 Å². The summed E-state index contributed by atoms with van der Waals surface area (Å²) in [6.45, 7) is 3.35. The number of likely N-dealkylation sites (tertiary alicyclic amines) is 1. The summed E-state index contributed by atoms with van der Waals surface area (Å²) in [5.74, 6) is 0. The molecule has 3 rings (SSSR count). The topological polar surface area (TPSA) is 50.5 Å². The predicted molar refractivity (Wildman–Crippen MR) is 65.8 cm³/mol. The van der Waals surface area contributed by atoms with Crippen LogP contribution in [0.25, 0.3) is 0 Å². The van der Waals surface area contributed by atoms with E-state index in [0.717, 1.165) is 37.2 Å². The first kappa shape index (κ1) is 11.6. The Morgan fingerprint density at radius 1 is 1.47 bits per heavy atom. The Balaban J connectivity index is 1.65. The first-order chi connectivity index (χ1) is 8.24. The highest BCUT2D eigenvalue weighted by atomic mass is 79.9. The van der Waals surface area contributed by atoms with Gasteiger partial charge in [0.1, 0.15) is 0 Å². The van der Waals surface area contributed by atoms with Crippen molar-refractivity contribution in [3.8, 4) is 0 Å². The third kappa shape index (κ3) is 2.27. The highest BCUT2D eigenvalue weighted by molar-refractivity contribution is 9.10. The highest BCUT2D eigenvalue weighted by Crippen LogP contribution is 2.26. The van der Waals surface area contributed by atoms with E-state index in [0.29, 0.717) is 6.04 Å². The minimum Gasteiger partial charge on any atom is -0.390 e. The minimum absolute atomic E-state index is 0.0959. The van der Waals surface area contributed by atoms with Crippen molar-refractivity contribution >= 4 is 15.9 Å². The molecule has 1 N–H and O–H groups in total. The van der Waals surface area contributed by atoms with Gasteiger partial charge in [-0.3, -0.25) is 9.58 Å². The van der Waals surface area contributed by atoms with Crippen molar-refractivity contribution in [1.82, 2.24) is 14.7 Å². The number of hydrogen-bond acceptors (Lipinski definition) is 4. The molecule has 2 atom stereocenters. The maximum absolute atomic E-state index is 10.2. The van der Waals surface area contributed by atoms with Crippen molar-refractivity contribution < 1.29 is 9.84 Å². The SMILES string of the molecule is O[C@@H]1CN(C2COC2)CC[C@H]1n1cc(Br)cn1. The lowest BCUT2D eigenvalue weighted by Gasteiger charge is -2.43. The van der Waals surface area contributed by atoms with Gasteiger partial charge in [-0.15, -0.1) is 0 Å². The van der Waals surface area contributed by atoms with Crippen molar-refractivity contribution in [2.75, 3.05) is 26.3 Å². The Morgan fingerprint density at radius 3 is 2.82 bits per heavy atom. The first-order valence-electron chi connectivity index (χ1n) is 5.93. The summed E-state index contributed by atoms with van der Waals surface area (Å²) in [6, 6.07) is 0.605. The number of ether oxygens (including phenoxy) is 1. The lowest BCUT2D eigenvalue weighted by Crippen LogP contribution is -2.55. The first-order valence-corrected chi connectivity index (χ1v) is 6.73. The summed E-state index contributed by atoms with van der Waals surface area (Å²) in [5, 5.41) is 14.5. The zero-order valence-electron chi connectivity index (χ0n) is 9.50. The van der Waals surface area contributed by atoms with Crippen LogP contribution in [-0.2, 0) is 4.74 Å². The molecule has 1 aromatic heterocycles. The van der Waals surface area contributed by atoms with E-state index in [1.165, 1.54) is 0 Å². The fraction of sp³-hybridized carbons (Fsp3) is 0.727. The molecule has 2 fully saturated rings. The van der Waals surface area contributed by atoms with E-state index in [4.69, 9.17) is 4.74 Å². The van der Waals surface area contributed by atoms with Crippen LogP contribution in [0.15, 0.2) is 16.9 Å². The number of aliphatic hydroxyl groups is 1. The number of hydrogen-bond donors (Lipinski definition) is 1. The number of β-amino-alcohol motifs (C(OH)–C–C–N with tert-alkyl or cyclic N) is 1. The normalized spacial score (nSPS) is 31.4. The third-order valence-corrected chi connectivity index (χ3v) is 4.03. The molecular weight excluding hydrogens is 286 g/mol. The molecule has 0 amide bonds. The molecule has 5 nitrogen and oxygen atoms in total. The van der Waals surface area contributed by atoms with Gasteiger partial charge in [-0.1, -0.05) is 0 Å². The number of aliphatic hydroxyl groups excluding tert-OH is 1. The molecule has 6 heteroatoms. The van der Waals surface area contributed by atoms with Crippen LogP contribution in [0.4, 0.5) is 0 Å². The minimum atomic E-state index is -0.351. The molecule has 0 aliphatic carbocycles. The second-order valence-corrected chi connectivity index (χ2v) is 5.66. The zero-order chi connectivity index (χ0) is 11.8. The molecule has 94 valence electrons. The summed E-state index contributed by atoms with van der Waals surface area (Å²) in [7, 11) is 0. The Bertz CT molecular complexity index is 394. The molecule has 0 bridgehead atoms. The molecular formula is C11H16BrN3O2. The van der Waals surface area contributed by atoms with Gasteiger partial charge >= 0.3 is 0 Å². The molecule has 0 aromatic carbocycles. The summed E-state index contributed by atoms with van der Waals surface area (Å²) >= 11 is 3.38. The number of nitrogens with zero attached hydrogens (tertiary/aromatic N) is 3. The Hall–Kier alpha value is -0.430. The fourth-order valence-electron chi connectivity index (χ4n) is 2.51. The van der Waals surface area contributed by atoms with E-state index in [2.05, 4.69) is 25.9 Å². The van der Waals surface area contributed by atoms with Gasteiger partial charge in [0, 0.05) is 19.3 Å². The lowest BCUT2D eigenvalue weighted by molar-refractivity contribution is -0.0946. The van der Waals surface area contributed by atoms with Crippen LogP contribution >= 0.6 is 15.9 Å². The second kappa shape index (κ2) is 4.68. The molecule has 1 aromatic rings. The van der Waals surface area contributed by atoms with E-state index >= 15 is 0 Å². The molecule has 3 heterocycles. The maximum atomic E-state index is 10.2. The summed E-state index contributed by atoms with van der Waals surface area (Å²) in [4.78, 5) is 2.32. The van der Waals surface area contributed by atoms with Crippen molar-refractivity contribution in [3.63, 3.8) is 0 Å². The Labute approximate surface area is 108 Å². The maximum Gasteiger partial charge on any atom is 0.0891 e. The van der Waals surface area contributed by atoms with Crippen LogP contribution in [0, 0.1) is 0 Å². The lowest BCUT2D eigenvalue weighted by atomic mass is 10.00. The quantitative estimate of drug-likeness (QED) is 0.871. The summed E-state index contributed by atoms with van der Waals surface area (Å²) in [5.41, 5.74) is 0. The van der Waals surface area contributed by atoms with Crippen molar-refractivity contribution in [3.05, 3.63) is 16.9 Å². The predicted octanol–water partition coefficient (Wildman–Crippen LogP) is 0.652. The van der Waals surface area contributed by atoms with E-state index in [9.17, 15) is 5.11 Å². The van der Waals surface area contributed by atoms with Crippen LogP contribution in [0.5, 0.6) is 0 Å². The molecule has 0 saturated carbocycles. The average molecular weight is 302 g/mol. The molecule has 17 heavy (non-hydrogen) atoms. The Morgan fingerprint density at radius 2 is 2.29 bits per heavy atom. The van der Waals surface area contributed by atoms with Gasteiger partial charge in [0.2, 0.25) is 0 Å². The van der Waals surface area contributed by atoms with Crippen LogP contribution < -0.4 is 0 Å². The van der Waals surface area contributed by atoms with Crippen LogP contribution in [0.2, 0.25) is 0 Å². The van der Waals surface area contributed by atoms with Gasteiger partial charge in [-0.05, 0) is 22.4 Å².